The van der Waals surface area contributed by atoms with Gasteiger partial charge in [-0.05, 0) is 44.7 Å². The lowest BCUT2D eigenvalue weighted by atomic mass is 10.0. The standard InChI is InChI=1S/C15H22N2O4S2/c1-11-3-7-15(8-4-11)23(20,21)16-12-9-13-5-6-14(10-12)17(13)22(2,18)19/h3-4,7-8,12-14,16H,5-6,9-10H2,1-2H3. The molecule has 0 aromatic heterocycles. The predicted octanol–water partition coefficient (Wildman–Crippen LogP) is 1.23. The summed E-state index contributed by atoms with van der Waals surface area (Å²) in [6, 6.07) is 6.34. The molecule has 23 heavy (non-hydrogen) atoms. The van der Waals surface area contributed by atoms with Crippen LogP contribution in [0.1, 0.15) is 31.2 Å². The summed E-state index contributed by atoms with van der Waals surface area (Å²) in [6.07, 6.45) is 3.92. The molecular formula is C15H22N2O4S2. The van der Waals surface area contributed by atoms with Crippen LogP contribution >= 0.6 is 0 Å². The summed E-state index contributed by atoms with van der Waals surface area (Å²) >= 11 is 0. The second kappa shape index (κ2) is 5.84. The van der Waals surface area contributed by atoms with Gasteiger partial charge in [-0.15, -0.1) is 0 Å². The maximum atomic E-state index is 12.5. The smallest absolute Gasteiger partial charge is 0.212 e. The van der Waals surface area contributed by atoms with E-state index in [1.807, 2.05) is 6.92 Å². The Kier molecular flexibility index (Phi) is 4.29. The number of sulfonamides is 2. The maximum Gasteiger partial charge on any atom is 0.240 e. The summed E-state index contributed by atoms with van der Waals surface area (Å²) in [7, 11) is -6.80. The van der Waals surface area contributed by atoms with Crippen molar-refractivity contribution in [3.63, 3.8) is 0 Å². The molecule has 2 saturated heterocycles. The molecule has 2 unspecified atom stereocenters. The average molecular weight is 358 g/mol. The van der Waals surface area contributed by atoms with E-state index in [0.717, 1.165) is 18.4 Å². The SMILES string of the molecule is Cc1ccc(S(=O)(=O)NC2CC3CCC(C2)N3S(C)(=O)=O)cc1. The van der Waals surface area contributed by atoms with Gasteiger partial charge >= 0.3 is 0 Å². The van der Waals surface area contributed by atoms with Crippen LogP contribution < -0.4 is 4.72 Å². The quantitative estimate of drug-likeness (QED) is 0.877. The van der Waals surface area contributed by atoms with E-state index in [1.165, 1.54) is 6.26 Å². The van der Waals surface area contributed by atoms with E-state index in [0.29, 0.717) is 12.8 Å². The Morgan fingerprint density at radius 1 is 1.00 bits per heavy atom. The van der Waals surface area contributed by atoms with Gasteiger partial charge in [0.15, 0.2) is 0 Å². The van der Waals surface area contributed by atoms with Crippen LogP contribution in [0.15, 0.2) is 29.2 Å². The number of nitrogens with one attached hydrogen (secondary N) is 1. The van der Waals surface area contributed by atoms with E-state index >= 15 is 0 Å². The first kappa shape index (κ1) is 16.9. The molecule has 2 atom stereocenters. The molecule has 2 fully saturated rings. The Bertz CT molecular complexity index is 773. The van der Waals surface area contributed by atoms with Crippen LogP contribution in [-0.4, -0.2) is 45.5 Å². The highest BCUT2D eigenvalue weighted by Crippen LogP contribution is 2.37. The fourth-order valence-electron chi connectivity index (χ4n) is 3.78. The van der Waals surface area contributed by atoms with Gasteiger partial charge in [0.05, 0.1) is 11.2 Å². The Labute approximate surface area is 138 Å². The summed E-state index contributed by atoms with van der Waals surface area (Å²) in [5.41, 5.74) is 1.00. The van der Waals surface area contributed by atoms with Crippen LogP contribution in [-0.2, 0) is 20.0 Å². The molecule has 1 aromatic rings. The van der Waals surface area contributed by atoms with Gasteiger partial charge in [0.1, 0.15) is 0 Å². The predicted molar refractivity (Wildman–Crippen MR) is 88.0 cm³/mol. The van der Waals surface area contributed by atoms with E-state index in [9.17, 15) is 16.8 Å². The highest BCUT2D eigenvalue weighted by Gasteiger charge is 2.45. The van der Waals surface area contributed by atoms with Gasteiger partial charge in [-0.2, -0.15) is 4.31 Å². The van der Waals surface area contributed by atoms with Crippen LogP contribution in [0.3, 0.4) is 0 Å². The number of aryl methyl sites for hydroxylation is 1. The summed E-state index contributed by atoms with van der Waals surface area (Å²) in [6.45, 7) is 1.91. The van der Waals surface area contributed by atoms with Crippen molar-refractivity contribution in [1.29, 1.82) is 0 Å². The average Bonchev–Trinajstić information content (AvgIpc) is 2.72. The molecular weight excluding hydrogens is 336 g/mol. The van der Waals surface area contributed by atoms with Gasteiger partial charge in [-0.3, -0.25) is 0 Å². The highest BCUT2D eigenvalue weighted by molar-refractivity contribution is 7.89. The van der Waals surface area contributed by atoms with E-state index in [2.05, 4.69) is 4.72 Å². The van der Waals surface area contributed by atoms with Crippen molar-refractivity contribution in [1.82, 2.24) is 9.03 Å². The molecule has 0 spiro atoms. The molecule has 0 saturated carbocycles. The maximum absolute atomic E-state index is 12.5. The molecule has 6 nitrogen and oxygen atoms in total. The molecule has 0 amide bonds. The number of hydrogen-bond acceptors (Lipinski definition) is 4. The Morgan fingerprint density at radius 3 is 2.00 bits per heavy atom. The van der Waals surface area contributed by atoms with Crippen LogP contribution in [0, 0.1) is 6.92 Å². The minimum absolute atomic E-state index is 0.0885. The molecule has 8 heteroatoms. The second-order valence-corrected chi connectivity index (χ2v) is 10.2. The lowest BCUT2D eigenvalue weighted by molar-refractivity contribution is 0.221. The molecule has 1 N–H and O–H groups in total. The van der Waals surface area contributed by atoms with Gasteiger partial charge in [0.2, 0.25) is 20.0 Å². The first-order valence-electron chi connectivity index (χ1n) is 7.74. The van der Waals surface area contributed by atoms with Gasteiger partial charge in [-0.1, -0.05) is 17.7 Å². The summed E-state index contributed by atoms with van der Waals surface area (Å²) in [5, 5.41) is 0. The van der Waals surface area contributed by atoms with Crippen molar-refractivity contribution in [3.05, 3.63) is 29.8 Å². The topological polar surface area (TPSA) is 83.6 Å². The molecule has 2 aliphatic rings. The van der Waals surface area contributed by atoms with Crippen LogP contribution in [0.25, 0.3) is 0 Å². The van der Waals surface area contributed by atoms with Crippen molar-refractivity contribution < 1.29 is 16.8 Å². The first-order valence-corrected chi connectivity index (χ1v) is 11.1. The molecule has 2 bridgehead atoms. The second-order valence-electron chi connectivity index (χ2n) is 6.58. The number of benzene rings is 1. The molecule has 2 heterocycles. The minimum atomic E-state index is -3.57. The number of nitrogens with zero attached hydrogens (tertiary/aromatic N) is 1. The van der Waals surface area contributed by atoms with E-state index < -0.39 is 20.0 Å². The van der Waals surface area contributed by atoms with Gasteiger partial charge in [-0.25, -0.2) is 21.6 Å². The Morgan fingerprint density at radius 2 is 1.52 bits per heavy atom. The van der Waals surface area contributed by atoms with Crippen LogP contribution in [0.4, 0.5) is 0 Å². The Hall–Kier alpha value is -0.960. The molecule has 128 valence electrons. The highest BCUT2D eigenvalue weighted by atomic mass is 32.2. The van der Waals surface area contributed by atoms with Gasteiger partial charge in [0, 0.05) is 18.1 Å². The fraction of sp³-hybridized carbons (Fsp3) is 0.600. The number of fused-ring (bicyclic) bond motifs is 2. The molecule has 3 rings (SSSR count). The number of hydrogen-bond donors (Lipinski definition) is 1. The van der Waals surface area contributed by atoms with Crippen molar-refractivity contribution in [2.75, 3.05) is 6.26 Å². The zero-order valence-electron chi connectivity index (χ0n) is 13.3. The summed E-state index contributed by atoms with van der Waals surface area (Å²) in [4.78, 5) is 0.251. The van der Waals surface area contributed by atoms with E-state index in [1.54, 1.807) is 28.6 Å². The minimum Gasteiger partial charge on any atom is -0.212 e. The lowest BCUT2D eigenvalue weighted by Crippen LogP contribution is -2.51. The number of piperidine rings is 1. The van der Waals surface area contributed by atoms with Crippen molar-refractivity contribution >= 4 is 20.0 Å². The largest absolute Gasteiger partial charge is 0.240 e. The van der Waals surface area contributed by atoms with Crippen molar-refractivity contribution in [2.45, 2.75) is 55.6 Å². The molecule has 1 aromatic carbocycles. The monoisotopic (exact) mass is 358 g/mol. The summed E-state index contributed by atoms with van der Waals surface area (Å²) in [5.74, 6) is 0. The third kappa shape index (κ3) is 3.45. The van der Waals surface area contributed by atoms with E-state index in [-0.39, 0.29) is 23.0 Å². The fourth-order valence-corrected chi connectivity index (χ4v) is 6.50. The van der Waals surface area contributed by atoms with Crippen LogP contribution in [0.5, 0.6) is 0 Å². The van der Waals surface area contributed by atoms with Gasteiger partial charge in [0.25, 0.3) is 0 Å². The van der Waals surface area contributed by atoms with Gasteiger partial charge < -0.3 is 0 Å². The third-order valence-electron chi connectivity index (χ3n) is 4.70. The summed E-state index contributed by atoms with van der Waals surface area (Å²) < 4.78 is 53.0. The van der Waals surface area contributed by atoms with E-state index in [4.69, 9.17) is 0 Å². The molecule has 0 radical (unpaired) electrons. The zero-order chi connectivity index (χ0) is 16.8. The number of rotatable bonds is 4. The van der Waals surface area contributed by atoms with Crippen molar-refractivity contribution in [2.24, 2.45) is 0 Å². The molecule has 0 aliphatic carbocycles. The molecule has 2 aliphatic heterocycles. The third-order valence-corrected chi connectivity index (χ3v) is 7.60. The first-order chi connectivity index (χ1) is 10.7. The Balaban J connectivity index is 1.75. The zero-order valence-corrected chi connectivity index (χ0v) is 14.9. The normalized spacial score (nSPS) is 28.9. The lowest BCUT2D eigenvalue weighted by Gasteiger charge is -2.37. The van der Waals surface area contributed by atoms with Crippen LogP contribution in [0.2, 0.25) is 0 Å². The van der Waals surface area contributed by atoms with Crippen molar-refractivity contribution in [3.8, 4) is 0 Å².